The summed E-state index contributed by atoms with van der Waals surface area (Å²) in [5.74, 6) is -1.07. The third-order valence-corrected chi connectivity index (χ3v) is 2.87. The van der Waals surface area contributed by atoms with Crippen LogP contribution < -0.4 is 11.5 Å². The highest BCUT2D eigenvalue weighted by atomic mass is 32.2. The van der Waals surface area contributed by atoms with Gasteiger partial charge in [-0.2, -0.15) is 5.10 Å². The van der Waals surface area contributed by atoms with E-state index in [2.05, 4.69) is 10.2 Å². The van der Waals surface area contributed by atoms with Crippen molar-refractivity contribution in [1.29, 1.82) is 0 Å². The minimum Gasteiger partial charge on any atom is -0.369 e. The Hall–Kier alpha value is -1.96. The maximum Gasteiger partial charge on any atom is 0.211 e. The zero-order valence-electron chi connectivity index (χ0n) is 8.96. The Labute approximate surface area is 97.8 Å². The molecule has 8 heteroatoms. The molecule has 0 fully saturated rings. The van der Waals surface area contributed by atoms with Crippen molar-refractivity contribution in [2.45, 2.75) is 4.90 Å². The van der Waals surface area contributed by atoms with Gasteiger partial charge in [0, 0.05) is 6.26 Å². The summed E-state index contributed by atoms with van der Waals surface area (Å²) < 4.78 is 35.7. The second kappa shape index (κ2) is 4.91. The average Bonchev–Trinajstić information content (AvgIpc) is 2.14. The van der Waals surface area contributed by atoms with Crippen LogP contribution in [0.1, 0.15) is 5.56 Å². The summed E-state index contributed by atoms with van der Waals surface area (Å²) in [4.78, 5) is -0.364. The molecule has 4 N–H and O–H groups in total. The molecule has 0 radical (unpaired) electrons. The molecular weight excluding hydrogens is 247 g/mol. The number of nitrogens with two attached hydrogens (primary N) is 2. The predicted molar refractivity (Wildman–Crippen MR) is 62.9 cm³/mol. The van der Waals surface area contributed by atoms with E-state index in [9.17, 15) is 12.8 Å². The first-order valence-corrected chi connectivity index (χ1v) is 6.31. The van der Waals surface area contributed by atoms with Gasteiger partial charge in [-0.05, 0) is 17.7 Å². The third kappa shape index (κ3) is 3.83. The first-order valence-electron chi connectivity index (χ1n) is 4.42. The molecule has 0 aromatic heterocycles. The summed E-state index contributed by atoms with van der Waals surface area (Å²) in [6, 6.07) is 3.58. The number of hydrogen-bond acceptors (Lipinski definition) is 4. The van der Waals surface area contributed by atoms with Crippen LogP contribution in [-0.2, 0) is 9.84 Å². The number of guanidine groups is 1. The van der Waals surface area contributed by atoms with Gasteiger partial charge in [0.1, 0.15) is 10.7 Å². The molecule has 1 aromatic carbocycles. The third-order valence-electron chi connectivity index (χ3n) is 1.74. The van der Waals surface area contributed by atoms with Crippen LogP contribution in [0.4, 0.5) is 4.39 Å². The molecule has 0 heterocycles. The fourth-order valence-corrected chi connectivity index (χ4v) is 1.79. The quantitative estimate of drug-likeness (QED) is 0.445. The molecule has 0 aliphatic heterocycles. The summed E-state index contributed by atoms with van der Waals surface area (Å²) in [7, 11) is -3.57. The number of sulfone groups is 1. The van der Waals surface area contributed by atoms with Crippen molar-refractivity contribution in [3.05, 3.63) is 29.6 Å². The lowest BCUT2D eigenvalue weighted by molar-refractivity contribution is 0.570. The number of nitrogens with zero attached hydrogens (tertiary/aromatic N) is 2. The van der Waals surface area contributed by atoms with Gasteiger partial charge in [-0.15, -0.1) is 5.10 Å². The van der Waals surface area contributed by atoms with Gasteiger partial charge < -0.3 is 11.5 Å². The lowest BCUT2D eigenvalue weighted by Crippen LogP contribution is -2.21. The first kappa shape index (κ1) is 13.1. The molecule has 0 unspecified atom stereocenters. The molecule has 17 heavy (non-hydrogen) atoms. The van der Waals surface area contributed by atoms with Gasteiger partial charge in [0.15, 0.2) is 9.84 Å². The monoisotopic (exact) mass is 258 g/mol. The number of hydrogen-bond donors (Lipinski definition) is 2. The molecular formula is C9H11FN4O2S. The lowest BCUT2D eigenvalue weighted by Gasteiger charge is -2.00. The summed E-state index contributed by atoms with van der Waals surface area (Å²) in [5.41, 5.74) is 10.4. The predicted octanol–water partition coefficient (Wildman–Crippen LogP) is -0.164. The molecule has 0 spiro atoms. The van der Waals surface area contributed by atoms with E-state index < -0.39 is 15.7 Å². The van der Waals surface area contributed by atoms with Crippen molar-refractivity contribution in [2.75, 3.05) is 6.26 Å². The Kier molecular flexibility index (Phi) is 3.79. The molecule has 0 aliphatic rings. The second-order valence-electron chi connectivity index (χ2n) is 3.23. The molecule has 0 bridgehead atoms. The van der Waals surface area contributed by atoms with Crippen molar-refractivity contribution in [2.24, 2.45) is 21.7 Å². The van der Waals surface area contributed by atoms with E-state index in [-0.39, 0.29) is 10.9 Å². The molecule has 92 valence electrons. The van der Waals surface area contributed by atoms with Crippen LogP contribution in [0.5, 0.6) is 0 Å². The fraction of sp³-hybridized carbons (Fsp3) is 0.111. The summed E-state index contributed by atoms with van der Waals surface area (Å²) in [6.45, 7) is 0. The summed E-state index contributed by atoms with van der Waals surface area (Å²) >= 11 is 0. The topological polar surface area (TPSA) is 111 Å². The van der Waals surface area contributed by atoms with Crippen molar-refractivity contribution < 1.29 is 12.8 Å². The van der Waals surface area contributed by atoms with E-state index in [1.165, 1.54) is 12.3 Å². The van der Waals surface area contributed by atoms with Crippen molar-refractivity contribution in [3.63, 3.8) is 0 Å². The highest BCUT2D eigenvalue weighted by Gasteiger charge is 2.13. The Morgan fingerprint density at radius 3 is 2.53 bits per heavy atom. The smallest absolute Gasteiger partial charge is 0.211 e. The number of benzene rings is 1. The summed E-state index contributed by atoms with van der Waals surface area (Å²) in [5, 5.41) is 6.79. The Bertz CT molecular complexity index is 577. The van der Waals surface area contributed by atoms with Gasteiger partial charge in [0.05, 0.1) is 6.21 Å². The highest BCUT2D eigenvalue weighted by Crippen LogP contribution is 2.14. The first-order chi connectivity index (χ1) is 7.80. The van der Waals surface area contributed by atoms with Gasteiger partial charge in [0.25, 0.3) is 0 Å². The van der Waals surface area contributed by atoms with Gasteiger partial charge in [0.2, 0.25) is 5.96 Å². The molecule has 0 saturated carbocycles. The molecule has 0 atom stereocenters. The standard InChI is InChI=1S/C9H11FN4O2S/c1-17(15,16)8-3-2-6(4-7(8)10)5-13-14-9(11)12/h2-5H,1H3,(H4,11,12,14). The molecule has 6 nitrogen and oxygen atoms in total. The maximum atomic E-state index is 13.4. The van der Waals surface area contributed by atoms with Crippen LogP contribution in [0.15, 0.2) is 33.3 Å². The van der Waals surface area contributed by atoms with E-state index in [1.54, 1.807) is 0 Å². The molecule has 0 saturated heterocycles. The zero-order valence-corrected chi connectivity index (χ0v) is 9.78. The Morgan fingerprint density at radius 1 is 1.41 bits per heavy atom. The van der Waals surface area contributed by atoms with Crippen LogP contribution in [0, 0.1) is 5.82 Å². The van der Waals surface area contributed by atoms with Gasteiger partial charge >= 0.3 is 0 Å². The van der Waals surface area contributed by atoms with E-state index in [1.807, 2.05) is 0 Å². The van der Waals surface area contributed by atoms with Gasteiger partial charge in [-0.25, -0.2) is 12.8 Å². The fourth-order valence-electron chi connectivity index (χ4n) is 1.06. The van der Waals surface area contributed by atoms with Crippen LogP contribution >= 0.6 is 0 Å². The van der Waals surface area contributed by atoms with E-state index in [0.29, 0.717) is 5.56 Å². The summed E-state index contributed by atoms with van der Waals surface area (Å²) in [6.07, 6.45) is 2.13. The largest absolute Gasteiger partial charge is 0.369 e. The van der Waals surface area contributed by atoms with Crippen molar-refractivity contribution in [3.8, 4) is 0 Å². The van der Waals surface area contributed by atoms with Crippen LogP contribution in [0.3, 0.4) is 0 Å². The lowest BCUT2D eigenvalue weighted by atomic mass is 10.2. The maximum absolute atomic E-state index is 13.4. The van der Waals surface area contributed by atoms with Crippen molar-refractivity contribution >= 4 is 22.0 Å². The molecule has 1 aromatic rings. The molecule has 1 rings (SSSR count). The second-order valence-corrected chi connectivity index (χ2v) is 5.22. The number of halogens is 1. The van der Waals surface area contributed by atoms with E-state index in [0.717, 1.165) is 18.4 Å². The van der Waals surface area contributed by atoms with E-state index >= 15 is 0 Å². The highest BCUT2D eigenvalue weighted by molar-refractivity contribution is 7.90. The Balaban J connectivity index is 3.06. The molecule has 0 aliphatic carbocycles. The van der Waals surface area contributed by atoms with Crippen LogP contribution in [-0.4, -0.2) is 26.8 Å². The van der Waals surface area contributed by atoms with Crippen LogP contribution in [0.25, 0.3) is 0 Å². The average molecular weight is 258 g/mol. The normalized spacial score (nSPS) is 11.6. The number of rotatable bonds is 3. The van der Waals surface area contributed by atoms with Crippen LogP contribution in [0.2, 0.25) is 0 Å². The molecule has 0 amide bonds. The Morgan fingerprint density at radius 2 is 2.06 bits per heavy atom. The minimum absolute atomic E-state index is 0.227. The minimum atomic E-state index is -3.57. The van der Waals surface area contributed by atoms with Gasteiger partial charge in [-0.1, -0.05) is 6.07 Å². The van der Waals surface area contributed by atoms with Crippen molar-refractivity contribution in [1.82, 2.24) is 0 Å². The zero-order chi connectivity index (χ0) is 13.1. The SMILES string of the molecule is CS(=O)(=O)c1ccc(C=NN=C(N)N)cc1F. The van der Waals surface area contributed by atoms with Gasteiger partial charge in [-0.3, -0.25) is 0 Å². The van der Waals surface area contributed by atoms with E-state index in [4.69, 9.17) is 11.5 Å².